The summed E-state index contributed by atoms with van der Waals surface area (Å²) in [6.45, 7) is -2.01. The molecule has 8 heteroatoms. The zero-order chi connectivity index (χ0) is 16.8. The molecule has 1 aliphatic rings. The summed E-state index contributed by atoms with van der Waals surface area (Å²) in [7, 11) is 1.26. The Bertz CT molecular complexity index is 573. The molecule has 0 aliphatic carbocycles. The van der Waals surface area contributed by atoms with Crippen LogP contribution in [0.3, 0.4) is 0 Å². The Morgan fingerprint density at radius 1 is 1.22 bits per heavy atom. The van der Waals surface area contributed by atoms with Crippen LogP contribution in [-0.4, -0.2) is 50.2 Å². The number of hydrogen-bond acceptors (Lipinski definition) is 5. The summed E-state index contributed by atoms with van der Waals surface area (Å²) >= 11 is 0. The second kappa shape index (κ2) is 7.75. The smallest absolute Gasteiger partial charge is 0.387 e. The van der Waals surface area contributed by atoms with Crippen molar-refractivity contribution in [3.63, 3.8) is 0 Å². The number of carbonyl (C=O) groups excluding carboxylic acids is 2. The number of methoxy groups -OCH3 is 1. The molecular formula is C15H17F2NO5. The molecule has 1 aromatic rings. The molecule has 0 aromatic heterocycles. The highest BCUT2D eigenvalue weighted by atomic mass is 19.3. The lowest BCUT2D eigenvalue weighted by atomic mass is 10.2. The summed E-state index contributed by atoms with van der Waals surface area (Å²) in [6.07, 6.45) is 1.89. The number of likely N-dealkylation sites (tertiary alicyclic amines) is 1. The summed E-state index contributed by atoms with van der Waals surface area (Å²) < 4.78 is 38.6. The first kappa shape index (κ1) is 17.0. The molecule has 1 heterocycles. The maximum absolute atomic E-state index is 12.2. The SMILES string of the molecule is COc1cc(C(=O)OCC(=O)N2CCCC2)ccc1OC(F)F. The molecule has 2 rings (SSSR count). The van der Waals surface area contributed by atoms with Crippen LogP contribution in [-0.2, 0) is 9.53 Å². The highest BCUT2D eigenvalue weighted by Crippen LogP contribution is 2.29. The van der Waals surface area contributed by atoms with E-state index in [4.69, 9.17) is 9.47 Å². The third-order valence-electron chi connectivity index (χ3n) is 3.40. The number of amides is 1. The van der Waals surface area contributed by atoms with Crippen molar-refractivity contribution in [1.29, 1.82) is 0 Å². The Morgan fingerprint density at radius 2 is 1.91 bits per heavy atom. The van der Waals surface area contributed by atoms with Crippen molar-refractivity contribution < 1.29 is 32.6 Å². The third-order valence-corrected chi connectivity index (χ3v) is 3.40. The first-order valence-corrected chi connectivity index (χ1v) is 7.09. The van der Waals surface area contributed by atoms with Gasteiger partial charge in [0.1, 0.15) is 0 Å². The number of alkyl halides is 2. The van der Waals surface area contributed by atoms with Crippen molar-refractivity contribution in [2.45, 2.75) is 19.5 Å². The van der Waals surface area contributed by atoms with E-state index in [1.54, 1.807) is 4.90 Å². The highest BCUT2D eigenvalue weighted by Gasteiger charge is 2.20. The fourth-order valence-corrected chi connectivity index (χ4v) is 2.26. The van der Waals surface area contributed by atoms with E-state index in [2.05, 4.69) is 4.74 Å². The summed E-state index contributed by atoms with van der Waals surface area (Å²) in [5.41, 5.74) is 0.0812. The maximum Gasteiger partial charge on any atom is 0.387 e. The van der Waals surface area contributed by atoms with Crippen LogP contribution in [0.1, 0.15) is 23.2 Å². The number of halogens is 2. The standard InChI is InChI=1S/C15H17F2NO5/c1-21-12-8-10(4-5-11(12)23-15(16)17)14(20)22-9-13(19)18-6-2-3-7-18/h4-5,8,15H,2-3,6-7,9H2,1H3. The number of esters is 1. The monoisotopic (exact) mass is 329 g/mol. The molecule has 0 atom stereocenters. The van der Waals surface area contributed by atoms with Crippen LogP contribution >= 0.6 is 0 Å². The quantitative estimate of drug-likeness (QED) is 0.748. The van der Waals surface area contributed by atoms with E-state index in [1.165, 1.54) is 25.3 Å². The van der Waals surface area contributed by atoms with E-state index in [9.17, 15) is 18.4 Å². The van der Waals surface area contributed by atoms with Gasteiger partial charge in [-0.2, -0.15) is 8.78 Å². The first-order chi connectivity index (χ1) is 11.0. The second-order valence-electron chi connectivity index (χ2n) is 4.91. The van der Waals surface area contributed by atoms with Gasteiger partial charge >= 0.3 is 12.6 Å². The van der Waals surface area contributed by atoms with Crippen LogP contribution in [0.15, 0.2) is 18.2 Å². The molecule has 0 bridgehead atoms. The summed E-state index contributed by atoms with van der Waals surface area (Å²) in [5.74, 6) is -1.20. The minimum Gasteiger partial charge on any atom is -0.493 e. The van der Waals surface area contributed by atoms with Gasteiger partial charge in [-0.05, 0) is 31.0 Å². The van der Waals surface area contributed by atoms with Gasteiger partial charge in [0, 0.05) is 13.1 Å². The molecular weight excluding hydrogens is 312 g/mol. The predicted molar refractivity (Wildman–Crippen MR) is 75.7 cm³/mol. The Labute approximate surface area is 131 Å². The third kappa shape index (κ3) is 4.54. The van der Waals surface area contributed by atoms with Crippen LogP contribution < -0.4 is 9.47 Å². The summed E-state index contributed by atoms with van der Waals surface area (Å²) in [5, 5.41) is 0. The van der Waals surface area contributed by atoms with Crippen molar-refractivity contribution in [3.05, 3.63) is 23.8 Å². The van der Waals surface area contributed by atoms with Crippen molar-refractivity contribution in [1.82, 2.24) is 4.90 Å². The predicted octanol–water partition coefficient (Wildman–Crippen LogP) is 2.08. The topological polar surface area (TPSA) is 65.1 Å². The number of nitrogens with zero attached hydrogens (tertiary/aromatic N) is 1. The van der Waals surface area contributed by atoms with Gasteiger partial charge in [0.15, 0.2) is 18.1 Å². The van der Waals surface area contributed by atoms with Gasteiger partial charge in [0.05, 0.1) is 12.7 Å². The number of hydrogen-bond donors (Lipinski definition) is 0. The van der Waals surface area contributed by atoms with Crippen LogP contribution in [0.4, 0.5) is 8.78 Å². The lowest BCUT2D eigenvalue weighted by Crippen LogP contribution is -2.32. The Morgan fingerprint density at radius 3 is 2.52 bits per heavy atom. The zero-order valence-electron chi connectivity index (χ0n) is 12.6. The molecule has 1 aromatic carbocycles. The Balaban J connectivity index is 1.97. The molecule has 0 N–H and O–H groups in total. The minimum atomic E-state index is -3.00. The average Bonchev–Trinajstić information content (AvgIpc) is 3.06. The molecule has 1 fully saturated rings. The van der Waals surface area contributed by atoms with Gasteiger partial charge in [-0.25, -0.2) is 4.79 Å². The van der Waals surface area contributed by atoms with E-state index in [0.717, 1.165) is 12.8 Å². The largest absolute Gasteiger partial charge is 0.493 e. The lowest BCUT2D eigenvalue weighted by Gasteiger charge is -2.15. The summed E-state index contributed by atoms with van der Waals surface area (Å²) in [6, 6.07) is 3.67. The van der Waals surface area contributed by atoms with E-state index in [1.807, 2.05) is 0 Å². The minimum absolute atomic E-state index is 0.0226. The number of ether oxygens (including phenoxy) is 3. The van der Waals surface area contributed by atoms with Crippen molar-refractivity contribution in [2.75, 3.05) is 26.8 Å². The molecule has 0 spiro atoms. The number of rotatable bonds is 6. The van der Waals surface area contributed by atoms with Gasteiger partial charge in [0.2, 0.25) is 0 Å². The van der Waals surface area contributed by atoms with E-state index >= 15 is 0 Å². The average molecular weight is 329 g/mol. The van der Waals surface area contributed by atoms with Gasteiger partial charge in [-0.15, -0.1) is 0 Å². The second-order valence-corrected chi connectivity index (χ2v) is 4.91. The molecule has 126 valence electrons. The van der Waals surface area contributed by atoms with Gasteiger partial charge in [-0.1, -0.05) is 0 Å². The van der Waals surface area contributed by atoms with Crippen molar-refractivity contribution in [3.8, 4) is 11.5 Å². The molecule has 1 aliphatic heterocycles. The first-order valence-electron chi connectivity index (χ1n) is 7.09. The normalized spacial score (nSPS) is 14.0. The van der Waals surface area contributed by atoms with Gasteiger partial charge in [-0.3, -0.25) is 4.79 Å². The molecule has 0 unspecified atom stereocenters. The Hall–Kier alpha value is -2.38. The summed E-state index contributed by atoms with van der Waals surface area (Å²) in [4.78, 5) is 25.4. The van der Waals surface area contributed by atoms with Crippen LogP contribution in [0, 0.1) is 0 Å². The molecule has 0 radical (unpaired) electrons. The van der Waals surface area contributed by atoms with E-state index in [0.29, 0.717) is 13.1 Å². The molecule has 0 saturated carbocycles. The van der Waals surface area contributed by atoms with Crippen LogP contribution in [0.5, 0.6) is 11.5 Å². The van der Waals surface area contributed by atoms with Gasteiger partial charge < -0.3 is 19.1 Å². The molecule has 1 saturated heterocycles. The lowest BCUT2D eigenvalue weighted by molar-refractivity contribution is -0.133. The maximum atomic E-state index is 12.2. The van der Waals surface area contributed by atoms with Crippen molar-refractivity contribution >= 4 is 11.9 Å². The molecule has 23 heavy (non-hydrogen) atoms. The fraction of sp³-hybridized carbons (Fsp3) is 0.467. The van der Waals surface area contributed by atoms with Crippen LogP contribution in [0.25, 0.3) is 0 Å². The van der Waals surface area contributed by atoms with E-state index < -0.39 is 12.6 Å². The number of carbonyl (C=O) groups is 2. The Kier molecular flexibility index (Phi) is 5.72. The molecule has 1 amide bonds. The molecule has 6 nitrogen and oxygen atoms in total. The van der Waals surface area contributed by atoms with Crippen molar-refractivity contribution in [2.24, 2.45) is 0 Å². The highest BCUT2D eigenvalue weighted by molar-refractivity contribution is 5.92. The van der Waals surface area contributed by atoms with Gasteiger partial charge in [0.25, 0.3) is 5.91 Å². The number of benzene rings is 1. The van der Waals surface area contributed by atoms with E-state index in [-0.39, 0.29) is 29.6 Å². The zero-order valence-corrected chi connectivity index (χ0v) is 12.6. The van der Waals surface area contributed by atoms with Crippen LogP contribution in [0.2, 0.25) is 0 Å². The fourth-order valence-electron chi connectivity index (χ4n) is 2.26.